The van der Waals surface area contributed by atoms with Crippen LogP contribution in [0.15, 0.2) is 36.4 Å². The minimum Gasteiger partial charge on any atom is -0.497 e. The van der Waals surface area contributed by atoms with Gasteiger partial charge in [0.1, 0.15) is 23.8 Å². The first-order valence-electron chi connectivity index (χ1n) is 8.16. The van der Waals surface area contributed by atoms with Crippen LogP contribution in [0, 0.1) is 10.1 Å². The van der Waals surface area contributed by atoms with E-state index in [0.717, 1.165) is 4.90 Å². The number of fused-ring (bicyclic) bond motifs is 1. The van der Waals surface area contributed by atoms with Crippen molar-refractivity contribution in [1.29, 1.82) is 0 Å². The Bertz CT molecular complexity index is 945. The van der Waals surface area contributed by atoms with Crippen molar-refractivity contribution in [3.05, 3.63) is 46.5 Å². The molecule has 0 aliphatic carbocycles. The van der Waals surface area contributed by atoms with Crippen molar-refractivity contribution >= 4 is 28.9 Å². The molecule has 2 amide bonds. The molecular weight excluding hydrogens is 370 g/mol. The summed E-state index contributed by atoms with van der Waals surface area (Å²) >= 11 is 0. The standard InChI is InChI=1S/C18H17N3O7/c1-26-12-4-5-13(16(8-12)27-2)19-17(22)9-20-14-7-11(21(24)25)3-6-15(14)28-10-18(20)23/h3-8H,9-10H2,1-2H3,(H,19,22). The van der Waals surface area contributed by atoms with E-state index in [4.69, 9.17) is 14.2 Å². The summed E-state index contributed by atoms with van der Waals surface area (Å²) in [6.07, 6.45) is 0. The highest BCUT2D eigenvalue weighted by atomic mass is 16.6. The summed E-state index contributed by atoms with van der Waals surface area (Å²) in [4.78, 5) is 36.3. The Morgan fingerprint density at radius 1 is 1.25 bits per heavy atom. The summed E-state index contributed by atoms with van der Waals surface area (Å²) in [6, 6.07) is 8.74. The number of benzene rings is 2. The molecule has 10 nitrogen and oxygen atoms in total. The molecule has 0 spiro atoms. The molecule has 0 radical (unpaired) electrons. The summed E-state index contributed by atoms with van der Waals surface area (Å²) in [5.41, 5.74) is 0.356. The van der Waals surface area contributed by atoms with E-state index in [9.17, 15) is 19.7 Å². The number of amides is 2. The number of anilines is 2. The number of rotatable bonds is 6. The third-order valence-corrected chi connectivity index (χ3v) is 4.08. The van der Waals surface area contributed by atoms with Gasteiger partial charge in [0.25, 0.3) is 11.6 Å². The second kappa shape index (κ2) is 7.82. The highest BCUT2D eigenvalue weighted by Gasteiger charge is 2.29. The maximum Gasteiger partial charge on any atom is 0.271 e. The van der Waals surface area contributed by atoms with E-state index >= 15 is 0 Å². The van der Waals surface area contributed by atoms with Gasteiger partial charge in [-0.05, 0) is 18.2 Å². The van der Waals surface area contributed by atoms with Crippen LogP contribution in [-0.4, -0.2) is 44.1 Å². The van der Waals surface area contributed by atoms with Gasteiger partial charge in [-0.1, -0.05) is 0 Å². The molecule has 0 aromatic heterocycles. The van der Waals surface area contributed by atoms with E-state index in [-0.39, 0.29) is 24.5 Å². The molecule has 1 heterocycles. The number of nitrogens with zero attached hydrogens (tertiary/aromatic N) is 2. The predicted octanol–water partition coefficient (Wildman–Crippen LogP) is 1.98. The third-order valence-electron chi connectivity index (χ3n) is 4.08. The van der Waals surface area contributed by atoms with E-state index in [1.807, 2.05) is 0 Å². The van der Waals surface area contributed by atoms with Crippen LogP contribution in [0.4, 0.5) is 17.1 Å². The topological polar surface area (TPSA) is 120 Å². The van der Waals surface area contributed by atoms with Crippen LogP contribution in [0.3, 0.4) is 0 Å². The molecular formula is C18H17N3O7. The number of non-ortho nitro benzene ring substituents is 1. The van der Waals surface area contributed by atoms with E-state index in [0.29, 0.717) is 22.9 Å². The van der Waals surface area contributed by atoms with Crippen molar-refractivity contribution in [2.24, 2.45) is 0 Å². The highest BCUT2D eigenvalue weighted by Crippen LogP contribution is 2.35. The first-order chi connectivity index (χ1) is 13.4. The SMILES string of the molecule is COc1ccc(NC(=O)CN2C(=O)COc3ccc([N+](=O)[O-])cc32)c(OC)c1. The Morgan fingerprint density at radius 2 is 2.04 bits per heavy atom. The lowest BCUT2D eigenvalue weighted by molar-refractivity contribution is -0.384. The van der Waals surface area contributed by atoms with Crippen LogP contribution >= 0.6 is 0 Å². The zero-order valence-electron chi connectivity index (χ0n) is 15.1. The quantitative estimate of drug-likeness (QED) is 0.594. The average molecular weight is 387 g/mol. The molecule has 2 aromatic carbocycles. The Balaban J connectivity index is 1.82. The lowest BCUT2D eigenvalue weighted by Gasteiger charge is -2.28. The molecule has 28 heavy (non-hydrogen) atoms. The van der Waals surface area contributed by atoms with Gasteiger partial charge in [0.15, 0.2) is 6.61 Å². The van der Waals surface area contributed by atoms with Gasteiger partial charge in [-0.15, -0.1) is 0 Å². The monoisotopic (exact) mass is 387 g/mol. The normalized spacial score (nSPS) is 12.6. The number of carbonyl (C=O) groups excluding carboxylic acids is 2. The number of ether oxygens (including phenoxy) is 3. The van der Waals surface area contributed by atoms with Gasteiger partial charge in [-0.3, -0.25) is 24.6 Å². The fraction of sp³-hybridized carbons (Fsp3) is 0.222. The molecule has 10 heteroatoms. The highest BCUT2D eigenvalue weighted by molar-refractivity contribution is 6.05. The second-order valence-corrected chi connectivity index (χ2v) is 5.79. The fourth-order valence-electron chi connectivity index (χ4n) is 2.71. The van der Waals surface area contributed by atoms with Gasteiger partial charge >= 0.3 is 0 Å². The van der Waals surface area contributed by atoms with E-state index in [2.05, 4.69) is 5.32 Å². The lowest BCUT2D eigenvalue weighted by atomic mass is 10.2. The molecule has 0 bridgehead atoms. The molecule has 0 unspecified atom stereocenters. The number of carbonyl (C=O) groups is 2. The number of nitro benzene ring substituents is 1. The molecule has 0 saturated carbocycles. The van der Waals surface area contributed by atoms with Gasteiger partial charge in [-0.2, -0.15) is 0 Å². The summed E-state index contributed by atoms with van der Waals surface area (Å²) < 4.78 is 15.6. The van der Waals surface area contributed by atoms with Crippen molar-refractivity contribution in [2.75, 3.05) is 37.6 Å². The zero-order chi connectivity index (χ0) is 20.3. The number of hydrogen-bond donors (Lipinski definition) is 1. The number of methoxy groups -OCH3 is 2. The predicted molar refractivity (Wildman–Crippen MR) is 99.1 cm³/mol. The Kier molecular flexibility index (Phi) is 5.30. The van der Waals surface area contributed by atoms with E-state index in [1.165, 1.54) is 32.4 Å². The van der Waals surface area contributed by atoms with E-state index < -0.39 is 16.7 Å². The number of nitrogens with one attached hydrogen (secondary N) is 1. The molecule has 0 atom stereocenters. The van der Waals surface area contributed by atoms with Crippen molar-refractivity contribution in [2.45, 2.75) is 0 Å². The third kappa shape index (κ3) is 3.80. The van der Waals surface area contributed by atoms with Gasteiger partial charge in [0.2, 0.25) is 5.91 Å². The van der Waals surface area contributed by atoms with Crippen LogP contribution in [-0.2, 0) is 9.59 Å². The summed E-state index contributed by atoms with van der Waals surface area (Å²) in [6.45, 7) is -0.602. The van der Waals surface area contributed by atoms with Crippen molar-refractivity contribution in [1.82, 2.24) is 0 Å². The molecule has 0 fully saturated rings. The van der Waals surface area contributed by atoms with Gasteiger partial charge in [0, 0.05) is 18.2 Å². The van der Waals surface area contributed by atoms with E-state index in [1.54, 1.807) is 18.2 Å². The molecule has 1 aliphatic rings. The van der Waals surface area contributed by atoms with Gasteiger partial charge < -0.3 is 19.5 Å². The maximum atomic E-state index is 12.5. The first kappa shape index (κ1) is 19.0. The largest absolute Gasteiger partial charge is 0.497 e. The maximum absolute atomic E-state index is 12.5. The number of hydrogen-bond acceptors (Lipinski definition) is 7. The van der Waals surface area contributed by atoms with Crippen LogP contribution in [0.2, 0.25) is 0 Å². The minimum atomic E-state index is -0.583. The molecule has 3 rings (SSSR count). The molecule has 2 aromatic rings. The molecule has 0 saturated heterocycles. The van der Waals surface area contributed by atoms with Crippen molar-refractivity contribution in [3.63, 3.8) is 0 Å². The average Bonchev–Trinajstić information content (AvgIpc) is 2.70. The smallest absolute Gasteiger partial charge is 0.271 e. The van der Waals surface area contributed by atoms with Crippen LogP contribution in [0.5, 0.6) is 17.2 Å². The van der Waals surface area contributed by atoms with Gasteiger partial charge in [-0.25, -0.2) is 0 Å². The first-order valence-corrected chi connectivity index (χ1v) is 8.16. The lowest BCUT2D eigenvalue weighted by Crippen LogP contribution is -2.43. The summed E-state index contributed by atoms with van der Waals surface area (Å²) in [7, 11) is 2.96. The van der Waals surface area contributed by atoms with Crippen molar-refractivity contribution in [3.8, 4) is 17.2 Å². The van der Waals surface area contributed by atoms with Gasteiger partial charge in [0.05, 0.1) is 30.5 Å². The minimum absolute atomic E-state index is 0.169. The fourth-order valence-corrected chi connectivity index (χ4v) is 2.71. The Hall–Kier alpha value is -3.82. The number of nitro groups is 1. The van der Waals surface area contributed by atoms with Crippen LogP contribution < -0.4 is 24.4 Å². The Morgan fingerprint density at radius 3 is 2.71 bits per heavy atom. The van der Waals surface area contributed by atoms with Crippen LogP contribution in [0.1, 0.15) is 0 Å². The van der Waals surface area contributed by atoms with Crippen LogP contribution in [0.25, 0.3) is 0 Å². The molecule has 146 valence electrons. The Labute approximate surface area is 159 Å². The molecule has 1 aliphatic heterocycles. The second-order valence-electron chi connectivity index (χ2n) is 5.79. The molecule has 1 N–H and O–H groups in total. The summed E-state index contributed by atoms with van der Waals surface area (Å²) in [5.74, 6) is 0.248. The van der Waals surface area contributed by atoms with Crippen molar-refractivity contribution < 1.29 is 28.7 Å². The summed E-state index contributed by atoms with van der Waals surface area (Å²) in [5, 5.41) is 13.7. The zero-order valence-corrected chi connectivity index (χ0v) is 15.1.